The van der Waals surface area contributed by atoms with Gasteiger partial charge in [-0.15, -0.1) is 0 Å². The van der Waals surface area contributed by atoms with Crippen molar-refractivity contribution in [3.63, 3.8) is 0 Å². The van der Waals surface area contributed by atoms with Crippen molar-refractivity contribution in [1.82, 2.24) is 10.3 Å². The molecule has 2 aromatic heterocycles. The zero-order chi connectivity index (χ0) is 17.8. The van der Waals surface area contributed by atoms with Crippen LogP contribution in [-0.4, -0.2) is 24.0 Å². The molecule has 0 radical (unpaired) electrons. The van der Waals surface area contributed by atoms with Crippen LogP contribution >= 0.6 is 11.6 Å². The zero-order valence-electron chi connectivity index (χ0n) is 13.6. The molecule has 7 heteroatoms. The molecule has 0 spiro atoms. The Hall–Kier alpha value is -2.73. The standard InChI is InChI=1S/C18H17ClN2O4/c1-11-18(16(22)5-7-24-11)25-10-17(23)20-6-4-12-9-21-15-3-2-13(19)8-14(12)15/h2-3,5,7-9,21H,4,6,10H2,1H3,(H,20,23). The summed E-state index contributed by atoms with van der Waals surface area (Å²) in [6.45, 7) is 1.82. The Balaban J connectivity index is 1.52. The number of ether oxygens (including phenoxy) is 1. The molecular weight excluding hydrogens is 344 g/mol. The van der Waals surface area contributed by atoms with Crippen LogP contribution in [0, 0.1) is 6.92 Å². The molecule has 0 atom stereocenters. The quantitative estimate of drug-likeness (QED) is 0.708. The lowest BCUT2D eigenvalue weighted by atomic mass is 10.1. The number of hydrogen-bond donors (Lipinski definition) is 2. The van der Waals surface area contributed by atoms with Gasteiger partial charge in [-0.3, -0.25) is 9.59 Å². The number of fused-ring (bicyclic) bond motifs is 1. The van der Waals surface area contributed by atoms with Gasteiger partial charge in [0.2, 0.25) is 11.2 Å². The summed E-state index contributed by atoms with van der Waals surface area (Å²) in [5, 5.41) is 4.47. The number of carbonyl (C=O) groups is 1. The van der Waals surface area contributed by atoms with E-state index >= 15 is 0 Å². The molecule has 0 aliphatic rings. The molecule has 0 bridgehead atoms. The first kappa shape index (κ1) is 17.1. The van der Waals surface area contributed by atoms with E-state index < -0.39 is 0 Å². The van der Waals surface area contributed by atoms with Crippen molar-refractivity contribution in [2.24, 2.45) is 0 Å². The predicted octanol–water partition coefficient (Wildman–Crippen LogP) is 2.82. The Morgan fingerprint density at radius 3 is 3.00 bits per heavy atom. The third-order valence-corrected chi connectivity index (χ3v) is 4.04. The van der Waals surface area contributed by atoms with Gasteiger partial charge < -0.3 is 19.5 Å². The molecule has 0 fully saturated rings. The average molecular weight is 361 g/mol. The summed E-state index contributed by atoms with van der Waals surface area (Å²) >= 11 is 6.02. The minimum absolute atomic E-state index is 0.0592. The summed E-state index contributed by atoms with van der Waals surface area (Å²) in [5.41, 5.74) is 1.76. The third kappa shape index (κ3) is 4.03. The number of carbonyl (C=O) groups excluding carboxylic acids is 1. The lowest BCUT2D eigenvalue weighted by Crippen LogP contribution is -2.31. The summed E-state index contributed by atoms with van der Waals surface area (Å²) in [5.74, 6) is 0.0976. The molecule has 3 rings (SSSR count). The van der Waals surface area contributed by atoms with Gasteiger partial charge in [-0.2, -0.15) is 0 Å². The minimum atomic E-state index is -0.313. The van der Waals surface area contributed by atoms with Gasteiger partial charge in [0.15, 0.2) is 6.61 Å². The Bertz CT molecular complexity index is 961. The number of halogens is 1. The fourth-order valence-corrected chi connectivity index (χ4v) is 2.73. The van der Waals surface area contributed by atoms with Crippen molar-refractivity contribution in [3.05, 3.63) is 63.3 Å². The molecule has 0 saturated heterocycles. The number of amides is 1. The van der Waals surface area contributed by atoms with E-state index in [2.05, 4.69) is 10.3 Å². The number of benzene rings is 1. The van der Waals surface area contributed by atoms with Crippen molar-refractivity contribution in [3.8, 4) is 5.75 Å². The molecule has 130 valence electrons. The van der Waals surface area contributed by atoms with E-state index in [-0.39, 0.29) is 23.7 Å². The lowest BCUT2D eigenvalue weighted by molar-refractivity contribution is -0.123. The lowest BCUT2D eigenvalue weighted by Gasteiger charge is -2.08. The van der Waals surface area contributed by atoms with E-state index in [0.29, 0.717) is 23.7 Å². The van der Waals surface area contributed by atoms with Gasteiger partial charge in [0.1, 0.15) is 5.76 Å². The highest BCUT2D eigenvalue weighted by Gasteiger charge is 2.10. The normalized spacial score (nSPS) is 10.8. The van der Waals surface area contributed by atoms with Gasteiger partial charge in [-0.1, -0.05) is 11.6 Å². The zero-order valence-corrected chi connectivity index (χ0v) is 14.4. The van der Waals surface area contributed by atoms with E-state index in [4.69, 9.17) is 20.8 Å². The first-order valence-electron chi connectivity index (χ1n) is 7.78. The minimum Gasteiger partial charge on any atom is -0.476 e. The molecule has 0 aliphatic heterocycles. The Kier molecular flexibility index (Phi) is 5.09. The van der Waals surface area contributed by atoms with Gasteiger partial charge in [0, 0.05) is 34.7 Å². The van der Waals surface area contributed by atoms with Crippen LogP contribution < -0.4 is 15.5 Å². The number of aromatic amines is 1. The van der Waals surface area contributed by atoms with Gasteiger partial charge in [-0.05, 0) is 37.1 Å². The summed E-state index contributed by atoms with van der Waals surface area (Å²) in [7, 11) is 0. The monoisotopic (exact) mass is 360 g/mol. The number of rotatable bonds is 6. The van der Waals surface area contributed by atoms with Gasteiger partial charge in [0.05, 0.1) is 6.26 Å². The summed E-state index contributed by atoms with van der Waals surface area (Å²) < 4.78 is 10.3. The molecule has 25 heavy (non-hydrogen) atoms. The second-order valence-corrected chi connectivity index (χ2v) is 6.00. The topological polar surface area (TPSA) is 84.3 Å². The van der Waals surface area contributed by atoms with Crippen LogP contribution in [0.2, 0.25) is 5.02 Å². The molecule has 2 N–H and O–H groups in total. The van der Waals surface area contributed by atoms with E-state index in [1.54, 1.807) is 6.92 Å². The highest BCUT2D eigenvalue weighted by atomic mass is 35.5. The van der Waals surface area contributed by atoms with Crippen molar-refractivity contribution < 1.29 is 13.9 Å². The van der Waals surface area contributed by atoms with Crippen LogP contribution in [0.3, 0.4) is 0 Å². The second-order valence-electron chi connectivity index (χ2n) is 5.56. The molecule has 2 heterocycles. The van der Waals surface area contributed by atoms with Gasteiger partial charge in [0.25, 0.3) is 5.91 Å². The predicted molar refractivity (Wildman–Crippen MR) is 95.2 cm³/mol. The van der Waals surface area contributed by atoms with Crippen LogP contribution in [-0.2, 0) is 11.2 Å². The van der Waals surface area contributed by atoms with Crippen LogP contribution in [0.5, 0.6) is 5.75 Å². The number of aromatic nitrogens is 1. The highest BCUT2D eigenvalue weighted by Crippen LogP contribution is 2.22. The maximum atomic E-state index is 11.9. The SMILES string of the molecule is Cc1occc(=O)c1OCC(=O)NCCc1c[nH]c2ccc(Cl)cc12. The fraction of sp³-hybridized carbons (Fsp3) is 0.222. The summed E-state index contributed by atoms with van der Waals surface area (Å²) in [6.07, 6.45) is 3.85. The van der Waals surface area contributed by atoms with E-state index in [9.17, 15) is 9.59 Å². The molecule has 0 aliphatic carbocycles. The van der Waals surface area contributed by atoms with Gasteiger partial charge in [-0.25, -0.2) is 0 Å². The maximum absolute atomic E-state index is 11.9. The molecule has 3 aromatic rings. The Morgan fingerprint density at radius 1 is 1.36 bits per heavy atom. The summed E-state index contributed by atoms with van der Waals surface area (Å²) in [6, 6.07) is 6.89. The van der Waals surface area contributed by atoms with Crippen LogP contribution in [0.15, 0.2) is 45.9 Å². The van der Waals surface area contributed by atoms with Crippen molar-refractivity contribution >= 4 is 28.4 Å². The number of hydrogen-bond acceptors (Lipinski definition) is 4. The largest absolute Gasteiger partial charge is 0.476 e. The maximum Gasteiger partial charge on any atom is 0.257 e. The molecule has 0 saturated carbocycles. The van der Waals surface area contributed by atoms with Crippen molar-refractivity contribution in [2.75, 3.05) is 13.2 Å². The van der Waals surface area contributed by atoms with Crippen LogP contribution in [0.4, 0.5) is 0 Å². The van der Waals surface area contributed by atoms with Crippen molar-refractivity contribution in [1.29, 1.82) is 0 Å². The third-order valence-electron chi connectivity index (χ3n) is 3.80. The first-order valence-corrected chi connectivity index (χ1v) is 8.16. The van der Waals surface area contributed by atoms with Gasteiger partial charge >= 0.3 is 0 Å². The number of aryl methyl sites for hydroxylation is 1. The number of nitrogens with one attached hydrogen (secondary N) is 2. The van der Waals surface area contributed by atoms with Crippen LogP contribution in [0.25, 0.3) is 10.9 Å². The van der Waals surface area contributed by atoms with E-state index in [1.807, 2.05) is 24.4 Å². The molecule has 6 nitrogen and oxygen atoms in total. The van der Waals surface area contributed by atoms with Crippen LogP contribution in [0.1, 0.15) is 11.3 Å². The number of H-pyrrole nitrogens is 1. The molecular formula is C18H17ClN2O4. The Labute approximate surface area is 148 Å². The van der Waals surface area contributed by atoms with Crippen molar-refractivity contribution in [2.45, 2.75) is 13.3 Å². The molecule has 1 aromatic carbocycles. The smallest absolute Gasteiger partial charge is 0.257 e. The summed E-state index contributed by atoms with van der Waals surface area (Å²) in [4.78, 5) is 26.7. The fourth-order valence-electron chi connectivity index (χ4n) is 2.56. The second kappa shape index (κ2) is 7.44. The first-order chi connectivity index (χ1) is 12.0. The van der Waals surface area contributed by atoms with E-state index in [1.165, 1.54) is 12.3 Å². The molecule has 0 unspecified atom stereocenters. The Morgan fingerprint density at radius 2 is 2.20 bits per heavy atom. The van der Waals surface area contributed by atoms with E-state index in [0.717, 1.165) is 16.5 Å². The average Bonchev–Trinajstić information content (AvgIpc) is 2.97. The highest BCUT2D eigenvalue weighted by molar-refractivity contribution is 6.31. The molecule has 1 amide bonds.